The Balaban J connectivity index is 2.34. The minimum Gasteiger partial charge on any atom is -0.213 e. The van der Waals surface area contributed by atoms with Gasteiger partial charge in [-0.3, -0.25) is 0 Å². The Morgan fingerprint density at radius 3 is 2.70 bits per heavy atom. The van der Waals surface area contributed by atoms with E-state index < -0.39 is 0 Å². The molecule has 10 heavy (non-hydrogen) atoms. The molecule has 1 aliphatic rings. The van der Waals surface area contributed by atoms with Crippen molar-refractivity contribution in [1.29, 1.82) is 0 Å². The molecule has 1 fully saturated rings. The molecule has 0 N–H and O–H groups in total. The Labute approximate surface area is 77.4 Å². The summed E-state index contributed by atoms with van der Waals surface area (Å²) in [5.41, 5.74) is 0.347. The number of aromatic nitrogens is 2. The minimum atomic E-state index is 0.347. The highest BCUT2D eigenvalue weighted by atomic mass is 127. The van der Waals surface area contributed by atoms with Gasteiger partial charge in [0.2, 0.25) is 0 Å². The first-order valence-electron chi connectivity index (χ1n) is 3.20. The summed E-state index contributed by atoms with van der Waals surface area (Å²) in [6.45, 7) is 2.23. The highest BCUT2D eigenvalue weighted by molar-refractivity contribution is 14.1. The van der Waals surface area contributed by atoms with Crippen LogP contribution in [-0.4, -0.2) is 9.36 Å². The topological polar surface area (TPSA) is 25.8 Å². The first-order valence-corrected chi connectivity index (χ1v) is 5.06. The third-order valence-corrected chi connectivity index (χ3v) is 3.28. The molecule has 0 bridgehead atoms. The zero-order valence-electron chi connectivity index (χ0n) is 5.59. The average Bonchev–Trinajstić information content (AvgIpc) is 2.45. The second kappa shape index (κ2) is 2.14. The summed E-state index contributed by atoms with van der Waals surface area (Å²) < 4.78 is 5.33. The van der Waals surface area contributed by atoms with Crippen LogP contribution in [0.3, 0.4) is 0 Å². The lowest BCUT2D eigenvalue weighted by atomic mass is 10.1. The molecule has 54 valence electrons. The van der Waals surface area contributed by atoms with Crippen LogP contribution in [0.25, 0.3) is 0 Å². The van der Waals surface area contributed by atoms with Gasteiger partial charge in [-0.05, 0) is 47.0 Å². The van der Waals surface area contributed by atoms with Gasteiger partial charge in [-0.1, -0.05) is 6.92 Å². The van der Waals surface area contributed by atoms with Crippen LogP contribution < -0.4 is 0 Å². The van der Waals surface area contributed by atoms with E-state index in [1.54, 1.807) is 0 Å². The highest BCUT2D eigenvalue weighted by Crippen LogP contribution is 2.46. The van der Waals surface area contributed by atoms with E-state index in [1.807, 2.05) is 0 Å². The number of nitrogens with zero attached hydrogens (tertiary/aromatic N) is 2. The number of hydrogen-bond acceptors (Lipinski definition) is 3. The van der Waals surface area contributed by atoms with E-state index in [2.05, 4.69) is 38.9 Å². The maximum atomic E-state index is 4.34. The molecule has 1 saturated carbocycles. The van der Waals surface area contributed by atoms with Crippen LogP contribution in [-0.2, 0) is 5.41 Å². The molecular formula is C6H7IN2S. The van der Waals surface area contributed by atoms with E-state index >= 15 is 0 Å². The third kappa shape index (κ3) is 1.07. The van der Waals surface area contributed by atoms with Crippen LogP contribution in [0.1, 0.15) is 25.6 Å². The molecule has 0 radical (unpaired) electrons. The van der Waals surface area contributed by atoms with Gasteiger partial charge in [0, 0.05) is 5.41 Å². The van der Waals surface area contributed by atoms with Crippen molar-refractivity contribution in [1.82, 2.24) is 9.36 Å². The largest absolute Gasteiger partial charge is 0.213 e. The van der Waals surface area contributed by atoms with Crippen LogP contribution in [0.4, 0.5) is 0 Å². The van der Waals surface area contributed by atoms with E-state index in [4.69, 9.17) is 0 Å². The molecule has 1 aromatic heterocycles. The first-order chi connectivity index (χ1) is 4.71. The summed E-state index contributed by atoms with van der Waals surface area (Å²) in [6, 6.07) is 0. The maximum Gasteiger partial charge on any atom is 0.173 e. The second-order valence-electron chi connectivity index (χ2n) is 2.93. The lowest BCUT2D eigenvalue weighted by Crippen LogP contribution is -2.01. The fraction of sp³-hybridized carbons (Fsp3) is 0.667. The molecule has 0 amide bonds. The predicted octanol–water partition coefficient (Wildman–Crippen LogP) is 2.19. The Bertz CT molecular complexity index is 254. The molecule has 1 aliphatic carbocycles. The molecule has 0 aromatic carbocycles. The van der Waals surface area contributed by atoms with Crippen molar-refractivity contribution >= 4 is 34.1 Å². The van der Waals surface area contributed by atoms with Gasteiger partial charge in [-0.25, -0.2) is 4.98 Å². The molecular weight excluding hydrogens is 259 g/mol. The van der Waals surface area contributed by atoms with Gasteiger partial charge in [0.1, 0.15) is 5.82 Å². The quantitative estimate of drug-likeness (QED) is 0.728. The molecule has 0 saturated heterocycles. The van der Waals surface area contributed by atoms with E-state index in [0.29, 0.717) is 5.41 Å². The highest BCUT2D eigenvalue weighted by Gasteiger charge is 2.42. The van der Waals surface area contributed by atoms with Crippen molar-refractivity contribution in [3.8, 4) is 0 Å². The van der Waals surface area contributed by atoms with Gasteiger partial charge in [0.15, 0.2) is 3.01 Å². The van der Waals surface area contributed by atoms with Crippen molar-refractivity contribution in [3.63, 3.8) is 0 Å². The standard InChI is InChI=1S/C6H7IN2S/c1-6(2-3-6)4-8-5(7)10-9-4/h2-3H2,1H3. The summed E-state index contributed by atoms with van der Waals surface area (Å²) in [5.74, 6) is 1.06. The van der Waals surface area contributed by atoms with Crippen LogP contribution in [0, 0.1) is 3.01 Å². The number of hydrogen-bond donors (Lipinski definition) is 0. The van der Waals surface area contributed by atoms with E-state index in [0.717, 1.165) is 8.84 Å². The van der Waals surface area contributed by atoms with Gasteiger partial charge >= 0.3 is 0 Å². The molecule has 1 heterocycles. The van der Waals surface area contributed by atoms with Crippen molar-refractivity contribution in [2.24, 2.45) is 0 Å². The number of halogens is 1. The van der Waals surface area contributed by atoms with Gasteiger partial charge < -0.3 is 0 Å². The Kier molecular flexibility index (Phi) is 1.49. The maximum absolute atomic E-state index is 4.34. The fourth-order valence-corrected chi connectivity index (χ4v) is 1.94. The summed E-state index contributed by atoms with van der Waals surface area (Å²) in [5, 5.41) is 0. The Morgan fingerprint density at radius 2 is 2.30 bits per heavy atom. The van der Waals surface area contributed by atoms with Crippen LogP contribution in [0.2, 0.25) is 0 Å². The molecule has 0 unspecified atom stereocenters. The van der Waals surface area contributed by atoms with Crippen molar-refractivity contribution in [2.75, 3.05) is 0 Å². The number of rotatable bonds is 1. The summed E-state index contributed by atoms with van der Waals surface area (Å²) >= 11 is 3.71. The second-order valence-corrected chi connectivity index (χ2v) is 5.44. The van der Waals surface area contributed by atoms with Crippen LogP contribution >= 0.6 is 34.1 Å². The molecule has 0 spiro atoms. The predicted molar refractivity (Wildman–Crippen MR) is 49.2 cm³/mol. The SMILES string of the molecule is CC1(c2nsc(I)n2)CC1. The summed E-state index contributed by atoms with van der Waals surface area (Å²) in [4.78, 5) is 4.34. The van der Waals surface area contributed by atoms with Crippen molar-refractivity contribution in [2.45, 2.75) is 25.2 Å². The molecule has 4 heteroatoms. The monoisotopic (exact) mass is 266 g/mol. The summed E-state index contributed by atoms with van der Waals surface area (Å²) in [6.07, 6.45) is 2.53. The van der Waals surface area contributed by atoms with Gasteiger partial charge in [0.05, 0.1) is 0 Å². The molecule has 1 aromatic rings. The zero-order valence-corrected chi connectivity index (χ0v) is 8.57. The lowest BCUT2D eigenvalue weighted by molar-refractivity contribution is 0.726. The zero-order chi connectivity index (χ0) is 7.19. The van der Waals surface area contributed by atoms with Gasteiger partial charge in [-0.15, -0.1) is 0 Å². The minimum absolute atomic E-state index is 0.347. The van der Waals surface area contributed by atoms with Crippen molar-refractivity contribution in [3.05, 3.63) is 8.84 Å². The van der Waals surface area contributed by atoms with Crippen LogP contribution in [0.5, 0.6) is 0 Å². The first kappa shape index (κ1) is 6.97. The Hall–Kier alpha value is 0.290. The summed E-state index contributed by atoms with van der Waals surface area (Å²) in [7, 11) is 0. The van der Waals surface area contributed by atoms with E-state index in [1.165, 1.54) is 24.4 Å². The van der Waals surface area contributed by atoms with Gasteiger partial charge in [-0.2, -0.15) is 4.37 Å². The van der Waals surface area contributed by atoms with Crippen LogP contribution in [0.15, 0.2) is 0 Å². The molecule has 0 aliphatic heterocycles. The van der Waals surface area contributed by atoms with E-state index in [9.17, 15) is 0 Å². The average molecular weight is 266 g/mol. The fourth-order valence-electron chi connectivity index (χ4n) is 0.861. The normalized spacial score (nSPS) is 21.0. The van der Waals surface area contributed by atoms with Crippen molar-refractivity contribution < 1.29 is 0 Å². The third-order valence-electron chi connectivity index (χ3n) is 1.94. The molecule has 0 atom stereocenters. The van der Waals surface area contributed by atoms with Gasteiger partial charge in [0.25, 0.3) is 0 Å². The van der Waals surface area contributed by atoms with E-state index in [-0.39, 0.29) is 0 Å². The molecule has 2 nitrogen and oxygen atoms in total. The lowest BCUT2D eigenvalue weighted by Gasteiger charge is -1.97. The smallest absolute Gasteiger partial charge is 0.173 e. The molecule has 2 rings (SSSR count). The Morgan fingerprint density at radius 1 is 1.60 bits per heavy atom.